The Balaban J connectivity index is 2.41. The van der Waals surface area contributed by atoms with E-state index < -0.39 is 28.5 Å². The smallest absolute Gasteiger partial charge is 0.373 e. The molecule has 8 heteroatoms. The largest absolute Gasteiger partial charge is 0.423 e. The summed E-state index contributed by atoms with van der Waals surface area (Å²) in [4.78, 5) is 20.8. The van der Waals surface area contributed by atoms with Gasteiger partial charge in [-0.3, -0.25) is 14.9 Å². The minimum absolute atomic E-state index is 0.0187. The molecule has 1 aliphatic heterocycles. The maximum absolute atomic E-state index is 12.8. The molecular weight excluding hydrogens is 279 g/mol. The van der Waals surface area contributed by atoms with Gasteiger partial charge >= 0.3 is 6.18 Å². The number of nitro groups is 1. The highest BCUT2D eigenvalue weighted by atomic mass is 19.4. The Hall–Kier alpha value is -1.96. The molecule has 1 aromatic rings. The molecule has 108 valence electrons. The molecule has 2 rings (SSSR count). The molecule has 1 heterocycles. The van der Waals surface area contributed by atoms with E-state index in [1.165, 1.54) is 6.07 Å². The number of Topliss-reactive ketones (excluding diaryl/α,β-unsaturated/α-hetero) is 1. The topological polar surface area (TPSA) is 69.4 Å². The summed E-state index contributed by atoms with van der Waals surface area (Å²) in [6.07, 6.45) is -5.40. The van der Waals surface area contributed by atoms with Gasteiger partial charge in [0.15, 0.2) is 0 Å². The number of hydrogen-bond acceptors (Lipinski definition) is 4. The van der Waals surface area contributed by atoms with Crippen molar-refractivity contribution in [3.05, 3.63) is 39.4 Å². The lowest BCUT2D eigenvalue weighted by molar-refractivity contribution is -0.388. The maximum Gasteiger partial charge on any atom is 0.423 e. The van der Waals surface area contributed by atoms with Gasteiger partial charge in [0.2, 0.25) is 0 Å². The molecule has 1 aromatic carbocycles. The summed E-state index contributed by atoms with van der Waals surface area (Å²) in [6.45, 7) is 0.141. The number of benzene rings is 1. The average molecular weight is 289 g/mol. The lowest BCUT2D eigenvalue weighted by Gasteiger charge is -2.22. The van der Waals surface area contributed by atoms with Gasteiger partial charge in [-0.25, -0.2) is 0 Å². The summed E-state index contributed by atoms with van der Waals surface area (Å²) in [5.74, 6) is -0.104. The molecule has 0 aliphatic carbocycles. The van der Waals surface area contributed by atoms with E-state index in [1.54, 1.807) is 0 Å². The molecule has 5 nitrogen and oxygen atoms in total. The van der Waals surface area contributed by atoms with Gasteiger partial charge in [-0.1, -0.05) is 0 Å². The van der Waals surface area contributed by atoms with E-state index >= 15 is 0 Å². The first-order valence-electron chi connectivity index (χ1n) is 5.78. The fraction of sp³-hybridized carbons (Fsp3) is 0.417. The van der Waals surface area contributed by atoms with Crippen LogP contribution in [0.2, 0.25) is 0 Å². The van der Waals surface area contributed by atoms with Crippen LogP contribution in [0.1, 0.15) is 30.1 Å². The number of alkyl halides is 3. The summed E-state index contributed by atoms with van der Waals surface area (Å²) in [7, 11) is 0. The van der Waals surface area contributed by atoms with Crippen LogP contribution < -0.4 is 0 Å². The number of nitrogens with zero attached hydrogens (tertiary/aromatic N) is 1. The number of ether oxygens (including phenoxy) is 1. The Morgan fingerprint density at radius 1 is 1.35 bits per heavy atom. The van der Waals surface area contributed by atoms with Crippen LogP contribution in [0.15, 0.2) is 18.2 Å². The molecule has 20 heavy (non-hydrogen) atoms. The average Bonchev–Trinajstić information content (AvgIpc) is 2.37. The fourth-order valence-electron chi connectivity index (χ4n) is 2.04. The molecule has 0 N–H and O–H groups in total. The number of ketones is 1. The molecule has 1 saturated heterocycles. The van der Waals surface area contributed by atoms with Crippen LogP contribution in [0.5, 0.6) is 0 Å². The summed E-state index contributed by atoms with van der Waals surface area (Å²) >= 11 is 0. The normalized spacial score (nSPS) is 19.9. The minimum Gasteiger partial charge on any atom is -0.373 e. The molecule has 1 unspecified atom stereocenters. The van der Waals surface area contributed by atoms with Gasteiger partial charge < -0.3 is 4.74 Å². The summed E-state index contributed by atoms with van der Waals surface area (Å²) in [5.41, 5.74) is -2.22. The Morgan fingerprint density at radius 3 is 2.60 bits per heavy atom. The first kappa shape index (κ1) is 14.4. The number of carbonyl (C=O) groups excluding carboxylic acids is 1. The Morgan fingerprint density at radius 2 is 2.05 bits per heavy atom. The van der Waals surface area contributed by atoms with Gasteiger partial charge in [0.05, 0.1) is 17.6 Å². The van der Waals surface area contributed by atoms with Gasteiger partial charge in [0, 0.05) is 18.9 Å². The second-order valence-corrected chi connectivity index (χ2v) is 4.38. The van der Waals surface area contributed by atoms with Crippen molar-refractivity contribution < 1.29 is 27.6 Å². The lowest BCUT2D eigenvalue weighted by Crippen LogP contribution is -2.20. The number of rotatable bonds is 2. The number of halogens is 3. The fourth-order valence-corrected chi connectivity index (χ4v) is 2.04. The molecular formula is C12H10F3NO4. The third-order valence-electron chi connectivity index (χ3n) is 3.01. The van der Waals surface area contributed by atoms with Gasteiger partial charge in [-0.15, -0.1) is 0 Å². The highest BCUT2D eigenvalue weighted by Crippen LogP contribution is 2.38. The summed E-state index contributed by atoms with van der Waals surface area (Å²) in [5, 5.41) is 10.6. The second-order valence-electron chi connectivity index (χ2n) is 4.38. The van der Waals surface area contributed by atoms with Crippen LogP contribution >= 0.6 is 0 Å². The zero-order valence-electron chi connectivity index (χ0n) is 10.1. The minimum atomic E-state index is -4.84. The Kier molecular flexibility index (Phi) is 3.76. The van der Waals surface area contributed by atoms with E-state index in [0.717, 1.165) is 6.07 Å². The van der Waals surface area contributed by atoms with Crippen LogP contribution in [0.3, 0.4) is 0 Å². The zero-order chi connectivity index (χ0) is 14.9. The molecule has 0 aromatic heterocycles. The lowest BCUT2D eigenvalue weighted by atomic mass is 9.98. The Bertz CT molecular complexity index is 556. The molecule has 0 bridgehead atoms. The summed E-state index contributed by atoms with van der Waals surface area (Å²) < 4.78 is 43.7. The van der Waals surface area contributed by atoms with E-state index in [2.05, 4.69) is 0 Å². The molecule has 0 amide bonds. The van der Waals surface area contributed by atoms with E-state index in [1.807, 2.05) is 0 Å². The predicted molar refractivity (Wildman–Crippen MR) is 61.0 cm³/mol. The third-order valence-corrected chi connectivity index (χ3v) is 3.01. The monoisotopic (exact) mass is 289 g/mol. The molecule has 0 saturated carbocycles. The van der Waals surface area contributed by atoms with Crippen molar-refractivity contribution in [1.29, 1.82) is 0 Å². The van der Waals surface area contributed by atoms with Crippen molar-refractivity contribution in [1.82, 2.24) is 0 Å². The van der Waals surface area contributed by atoms with Crippen LogP contribution in [0, 0.1) is 10.1 Å². The highest BCUT2D eigenvalue weighted by Gasteiger charge is 2.39. The van der Waals surface area contributed by atoms with Gasteiger partial charge in [-0.05, 0) is 17.7 Å². The number of hydrogen-bond donors (Lipinski definition) is 0. The first-order chi connectivity index (χ1) is 9.29. The quantitative estimate of drug-likeness (QED) is 0.620. The van der Waals surface area contributed by atoms with Crippen LogP contribution in [0.25, 0.3) is 0 Å². The highest BCUT2D eigenvalue weighted by molar-refractivity contribution is 5.79. The molecule has 0 radical (unpaired) electrons. The predicted octanol–water partition coefficient (Wildman–Crippen LogP) is 3.03. The molecule has 0 spiro atoms. The van der Waals surface area contributed by atoms with Crippen molar-refractivity contribution in [3.63, 3.8) is 0 Å². The van der Waals surface area contributed by atoms with E-state index in [0.29, 0.717) is 6.07 Å². The standard InChI is InChI=1S/C12H10F3NO4/c13-12(14,15)9-5-7(1-2-10(9)16(18)19)11-6-8(17)3-4-20-11/h1-2,5,11H,3-4,6H2. The van der Waals surface area contributed by atoms with Crippen molar-refractivity contribution in [3.8, 4) is 0 Å². The van der Waals surface area contributed by atoms with Gasteiger partial charge in [0.25, 0.3) is 5.69 Å². The van der Waals surface area contributed by atoms with Gasteiger partial charge in [-0.2, -0.15) is 13.2 Å². The first-order valence-corrected chi connectivity index (χ1v) is 5.78. The second kappa shape index (κ2) is 5.20. The molecule has 1 fully saturated rings. The number of carbonyl (C=O) groups is 1. The zero-order valence-corrected chi connectivity index (χ0v) is 10.1. The van der Waals surface area contributed by atoms with Crippen LogP contribution in [0.4, 0.5) is 18.9 Å². The van der Waals surface area contributed by atoms with Crippen LogP contribution in [-0.4, -0.2) is 17.3 Å². The van der Waals surface area contributed by atoms with Crippen molar-refractivity contribution >= 4 is 11.5 Å². The van der Waals surface area contributed by atoms with E-state index in [9.17, 15) is 28.1 Å². The molecule has 1 aliphatic rings. The van der Waals surface area contributed by atoms with Gasteiger partial charge in [0.1, 0.15) is 11.3 Å². The van der Waals surface area contributed by atoms with E-state index in [4.69, 9.17) is 4.74 Å². The van der Waals surface area contributed by atoms with Crippen molar-refractivity contribution in [2.45, 2.75) is 25.1 Å². The van der Waals surface area contributed by atoms with E-state index in [-0.39, 0.29) is 30.8 Å². The SMILES string of the molecule is O=C1CCOC(c2ccc([N+](=O)[O-])c(C(F)(F)F)c2)C1. The number of nitro benzene ring substituents is 1. The molecule has 1 atom stereocenters. The van der Waals surface area contributed by atoms with Crippen molar-refractivity contribution in [2.24, 2.45) is 0 Å². The Labute approximate surface area is 111 Å². The third kappa shape index (κ3) is 2.96. The summed E-state index contributed by atoms with van der Waals surface area (Å²) in [6, 6.07) is 2.67. The maximum atomic E-state index is 12.8. The van der Waals surface area contributed by atoms with Crippen LogP contribution in [-0.2, 0) is 15.7 Å². The van der Waals surface area contributed by atoms with Crippen molar-refractivity contribution in [2.75, 3.05) is 6.61 Å².